The topological polar surface area (TPSA) is 76.7 Å². The van der Waals surface area contributed by atoms with E-state index in [-0.39, 0.29) is 0 Å². The van der Waals surface area contributed by atoms with E-state index in [4.69, 9.17) is 32.7 Å². The maximum atomic E-state index is 12.2. The van der Waals surface area contributed by atoms with Gasteiger partial charge in [0.15, 0.2) is 11.4 Å². The predicted molar refractivity (Wildman–Crippen MR) is 92.0 cm³/mol. The molecule has 2 N–H and O–H groups in total. The average Bonchev–Trinajstić information content (AvgIpc) is 3.22. The van der Waals surface area contributed by atoms with Gasteiger partial charge in [-0.15, -0.1) is 23.2 Å². The molecule has 0 aliphatic carbocycles. The molecular formula is C16H26Cl2N2O4. The number of rotatable bonds is 8. The van der Waals surface area contributed by atoms with Crippen LogP contribution in [0.3, 0.4) is 0 Å². The van der Waals surface area contributed by atoms with E-state index in [1.165, 1.54) is 0 Å². The highest BCUT2D eigenvalue weighted by Crippen LogP contribution is 2.29. The van der Waals surface area contributed by atoms with Crippen molar-refractivity contribution in [2.45, 2.75) is 62.8 Å². The summed E-state index contributed by atoms with van der Waals surface area (Å²) in [6.45, 7) is 1.51. The van der Waals surface area contributed by atoms with Crippen molar-refractivity contribution < 1.29 is 19.1 Å². The smallest absolute Gasteiger partial charge is 0.419 e. The van der Waals surface area contributed by atoms with Gasteiger partial charge in [-0.3, -0.25) is 10.6 Å². The Bertz CT molecular complexity index is 396. The number of carbonyl (C=O) groups excluding carboxylic acids is 2. The van der Waals surface area contributed by atoms with Gasteiger partial charge in [-0.2, -0.15) is 0 Å². The summed E-state index contributed by atoms with van der Waals surface area (Å²) in [4.78, 5) is 24.5. The van der Waals surface area contributed by atoms with E-state index in [2.05, 4.69) is 10.6 Å². The molecule has 2 heterocycles. The monoisotopic (exact) mass is 380 g/mol. The van der Waals surface area contributed by atoms with E-state index >= 15 is 0 Å². The van der Waals surface area contributed by atoms with Crippen LogP contribution >= 0.6 is 23.2 Å². The lowest BCUT2D eigenvalue weighted by atomic mass is 10.1. The van der Waals surface area contributed by atoms with Crippen molar-refractivity contribution >= 4 is 35.1 Å². The Morgan fingerprint density at radius 3 is 1.54 bits per heavy atom. The molecule has 138 valence electrons. The van der Waals surface area contributed by atoms with Crippen molar-refractivity contribution in [3.05, 3.63) is 0 Å². The molecule has 2 atom stereocenters. The molecule has 0 aromatic heterocycles. The lowest BCUT2D eigenvalue weighted by Gasteiger charge is -2.31. The molecule has 2 fully saturated rings. The number of nitrogens with one attached hydrogen (secondary N) is 2. The van der Waals surface area contributed by atoms with Crippen LogP contribution in [0, 0.1) is 0 Å². The number of carbonyl (C=O) groups is 2. The molecule has 0 amide bonds. The first-order valence-electron chi connectivity index (χ1n) is 8.63. The SMILES string of the molecule is O=C(OC1(CCCCl)CCCN1)C(=O)OC1(CCCCl)CCCN1. The van der Waals surface area contributed by atoms with Crippen molar-refractivity contribution in [3.8, 4) is 0 Å². The lowest BCUT2D eigenvalue weighted by Crippen LogP contribution is -2.49. The summed E-state index contributed by atoms with van der Waals surface area (Å²) in [5, 5.41) is 6.37. The molecule has 2 unspecified atom stereocenters. The van der Waals surface area contributed by atoms with Crippen LogP contribution in [-0.2, 0) is 19.1 Å². The van der Waals surface area contributed by atoms with Gasteiger partial charge in [0.05, 0.1) is 0 Å². The van der Waals surface area contributed by atoms with Crippen molar-refractivity contribution in [3.63, 3.8) is 0 Å². The van der Waals surface area contributed by atoms with Crippen LogP contribution in [0.15, 0.2) is 0 Å². The van der Waals surface area contributed by atoms with Crippen molar-refractivity contribution in [1.29, 1.82) is 0 Å². The highest BCUT2D eigenvalue weighted by molar-refractivity contribution is 6.29. The number of hydrogen-bond acceptors (Lipinski definition) is 6. The van der Waals surface area contributed by atoms with Gasteiger partial charge in [-0.25, -0.2) is 9.59 Å². The fourth-order valence-electron chi connectivity index (χ4n) is 3.40. The molecule has 2 aliphatic heterocycles. The van der Waals surface area contributed by atoms with E-state index in [1.54, 1.807) is 0 Å². The molecule has 0 spiro atoms. The molecule has 0 saturated carbocycles. The summed E-state index contributed by atoms with van der Waals surface area (Å²) >= 11 is 11.5. The molecule has 0 aromatic carbocycles. The lowest BCUT2D eigenvalue weighted by molar-refractivity contribution is -0.189. The molecule has 0 aromatic rings. The minimum atomic E-state index is -0.946. The highest BCUT2D eigenvalue weighted by atomic mass is 35.5. The summed E-state index contributed by atoms with van der Waals surface area (Å²) in [5.74, 6) is -0.927. The maximum absolute atomic E-state index is 12.2. The molecule has 2 aliphatic rings. The van der Waals surface area contributed by atoms with Crippen molar-refractivity contribution in [2.75, 3.05) is 24.8 Å². The van der Waals surface area contributed by atoms with Gasteiger partial charge in [0.25, 0.3) is 0 Å². The molecule has 2 rings (SSSR count). The van der Waals surface area contributed by atoms with Crippen LogP contribution in [0.4, 0.5) is 0 Å². The van der Waals surface area contributed by atoms with Gasteiger partial charge in [-0.1, -0.05) is 0 Å². The number of ether oxygens (including phenoxy) is 2. The zero-order valence-corrected chi connectivity index (χ0v) is 15.4. The van der Waals surface area contributed by atoms with E-state index in [0.717, 1.165) is 25.9 Å². The molecule has 8 heteroatoms. The summed E-state index contributed by atoms with van der Waals surface area (Å²) < 4.78 is 11.0. The first kappa shape index (κ1) is 19.8. The summed E-state index contributed by atoms with van der Waals surface area (Å²) in [6, 6.07) is 0. The highest BCUT2D eigenvalue weighted by Gasteiger charge is 2.42. The fraction of sp³-hybridized carbons (Fsp3) is 0.875. The van der Waals surface area contributed by atoms with Crippen molar-refractivity contribution in [1.82, 2.24) is 10.6 Å². The minimum Gasteiger partial charge on any atom is -0.435 e. The number of halogens is 2. The Balaban J connectivity index is 1.93. The van der Waals surface area contributed by atoms with Gasteiger partial charge in [0.2, 0.25) is 0 Å². The van der Waals surface area contributed by atoms with Crippen LogP contribution in [0.1, 0.15) is 51.4 Å². The third-order valence-corrected chi connectivity index (χ3v) is 5.11. The quantitative estimate of drug-likeness (QED) is 0.382. The Labute approximate surface area is 152 Å². The molecule has 0 radical (unpaired) electrons. The largest absolute Gasteiger partial charge is 0.435 e. The Morgan fingerprint density at radius 2 is 1.25 bits per heavy atom. The Hall–Kier alpha value is -0.560. The number of esters is 2. The van der Waals surface area contributed by atoms with E-state index in [1.807, 2.05) is 0 Å². The van der Waals surface area contributed by atoms with E-state index in [0.29, 0.717) is 50.3 Å². The fourth-order valence-corrected chi connectivity index (χ4v) is 3.67. The van der Waals surface area contributed by atoms with E-state index < -0.39 is 23.4 Å². The maximum Gasteiger partial charge on any atom is 0.419 e. The van der Waals surface area contributed by atoms with E-state index in [9.17, 15) is 9.59 Å². The second-order valence-corrected chi connectivity index (χ2v) is 7.17. The third kappa shape index (κ3) is 5.22. The Kier molecular flexibility index (Phi) is 7.60. The van der Waals surface area contributed by atoms with Gasteiger partial charge in [-0.05, 0) is 38.8 Å². The summed E-state index contributed by atoms with van der Waals surface area (Å²) in [7, 11) is 0. The zero-order valence-electron chi connectivity index (χ0n) is 13.9. The van der Waals surface area contributed by atoms with Gasteiger partial charge in [0.1, 0.15) is 0 Å². The molecule has 24 heavy (non-hydrogen) atoms. The zero-order chi connectivity index (χ0) is 17.5. The molecule has 2 saturated heterocycles. The van der Waals surface area contributed by atoms with Crippen LogP contribution in [0.5, 0.6) is 0 Å². The first-order valence-corrected chi connectivity index (χ1v) is 9.70. The summed E-state index contributed by atoms with van der Waals surface area (Å²) in [5.41, 5.74) is -1.59. The Morgan fingerprint density at radius 1 is 0.833 bits per heavy atom. The van der Waals surface area contributed by atoms with Crippen LogP contribution in [0.25, 0.3) is 0 Å². The molecule has 0 bridgehead atoms. The predicted octanol–water partition coefficient (Wildman–Crippen LogP) is 2.27. The minimum absolute atomic E-state index is 0.483. The number of alkyl halides is 2. The van der Waals surface area contributed by atoms with Gasteiger partial charge >= 0.3 is 11.9 Å². The second-order valence-electron chi connectivity index (χ2n) is 6.41. The van der Waals surface area contributed by atoms with Crippen LogP contribution in [0.2, 0.25) is 0 Å². The number of hydrogen-bond donors (Lipinski definition) is 2. The first-order chi connectivity index (χ1) is 11.5. The van der Waals surface area contributed by atoms with Crippen molar-refractivity contribution in [2.24, 2.45) is 0 Å². The average molecular weight is 381 g/mol. The normalized spacial score (nSPS) is 29.6. The molecular weight excluding hydrogens is 355 g/mol. The summed E-state index contributed by atoms with van der Waals surface area (Å²) in [6.07, 6.45) is 5.74. The van der Waals surface area contributed by atoms with Crippen LogP contribution < -0.4 is 10.6 Å². The van der Waals surface area contributed by atoms with Crippen LogP contribution in [-0.4, -0.2) is 48.2 Å². The third-order valence-electron chi connectivity index (χ3n) is 4.58. The van der Waals surface area contributed by atoms with Gasteiger partial charge in [0, 0.05) is 37.4 Å². The van der Waals surface area contributed by atoms with Gasteiger partial charge < -0.3 is 9.47 Å². The molecule has 6 nitrogen and oxygen atoms in total. The standard InChI is InChI=1S/C16H26Cl2N2O4/c17-9-1-5-15(7-3-11-19-15)23-13(21)14(22)24-16(6-2-10-18)8-4-12-20-16/h19-20H,1-12H2. The second kappa shape index (κ2) is 9.22.